The molecule has 1 rings (SSSR count). The van der Waals surface area contributed by atoms with Crippen molar-refractivity contribution in [3.63, 3.8) is 0 Å². The fourth-order valence-corrected chi connectivity index (χ4v) is 0.864. The van der Waals surface area contributed by atoms with Crippen LogP contribution in [0.15, 0.2) is 12.3 Å². The highest BCUT2D eigenvalue weighted by molar-refractivity contribution is 5.37. The van der Waals surface area contributed by atoms with Gasteiger partial charge in [0.25, 0.3) is 6.43 Å². The van der Waals surface area contributed by atoms with Crippen molar-refractivity contribution < 1.29 is 13.2 Å². The van der Waals surface area contributed by atoms with Gasteiger partial charge in [0.15, 0.2) is 0 Å². The van der Waals surface area contributed by atoms with Crippen molar-refractivity contribution in [2.75, 3.05) is 0 Å². The van der Waals surface area contributed by atoms with Crippen molar-refractivity contribution in [3.05, 3.63) is 29.1 Å². The summed E-state index contributed by atoms with van der Waals surface area (Å²) in [5.41, 5.74) is -0.772. The Morgan fingerprint density at radius 3 is 2.69 bits per heavy atom. The number of pyridine rings is 1. The van der Waals surface area contributed by atoms with E-state index in [4.69, 9.17) is 5.26 Å². The lowest BCUT2D eigenvalue weighted by molar-refractivity contribution is 0.150. The van der Waals surface area contributed by atoms with E-state index in [1.54, 1.807) is 6.07 Å². The summed E-state index contributed by atoms with van der Waals surface area (Å²) >= 11 is 0. The Morgan fingerprint density at radius 2 is 2.23 bits per heavy atom. The lowest BCUT2D eigenvalue weighted by Gasteiger charge is -2.02. The van der Waals surface area contributed by atoms with Crippen LogP contribution in [0.2, 0.25) is 0 Å². The topological polar surface area (TPSA) is 36.7 Å². The highest BCUT2D eigenvalue weighted by atomic mass is 19.3. The summed E-state index contributed by atoms with van der Waals surface area (Å²) in [7, 11) is 0. The van der Waals surface area contributed by atoms with E-state index in [0.717, 1.165) is 12.3 Å². The largest absolute Gasteiger partial charge is 0.265 e. The van der Waals surface area contributed by atoms with E-state index in [9.17, 15) is 13.2 Å². The smallest absolute Gasteiger partial charge is 0.257 e. The lowest BCUT2D eigenvalue weighted by atomic mass is 10.1. The monoisotopic (exact) mass is 186 g/mol. The second-order valence-electron chi connectivity index (χ2n) is 2.31. The lowest BCUT2D eigenvalue weighted by Crippen LogP contribution is -1.95. The molecular formula is C8H5F3N2. The zero-order chi connectivity index (χ0) is 9.84. The zero-order valence-corrected chi connectivity index (χ0v) is 6.47. The summed E-state index contributed by atoms with van der Waals surface area (Å²) < 4.78 is 36.5. The van der Waals surface area contributed by atoms with Crippen LogP contribution >= 0.6 is 0 Å². The number of hydrogen-bond donors (Lipinski definition) is 0. The summed E-state index contributed by atoms with van der Waals surface area (Å²) in [6, 6.07) is 2.47. The van der Waals surface area contributed by atoms with Crippen LogP contribution in [0.4, 0.5) is 13.2 Å². The average molecular weight is 186 g/mol. The standard InChI is InChI=1S/C8H5F3N2/c9-2-6-1-7(8(10)11)5(3-12)4-13-6/h1,4,8H,2H2. The number of nitriles is 1. The van der Waals surface area contributed by atoms with E-state index in [1.807, 2.05) is 0 Å². The molecule has 2 nitrogen and oxygen atoms in total. The van der Waals surface area contributed by atoms with E-state index in [-0.39, 0.29) is 11.3 Å². The number of alkyl halides is 3. The maximum absolute atomic E-state index is 12.2. The van der Waals surface area contributed by atoms with Crippen LogP contribution in [0.3, 0.4) is 0 Å². The van der Waals surface area contributed by atoms with Gasteiger partial charge in [-0.3, -0.25) is 4.98 Å². The molecule has 0 saturated heterocycles. The predicted molar refractivity (Wildman–Crippen MR) is 38.7 cm³/mol. The van der Waals surface area contributed by atoms with Gasteiger partial charge in [0.05, 0.1) is 11.3 Å². The molecule has 0 aromatic carbocycles. The highest BCUT2D eigenvalue weighted by Gasteiger charge is 2.13. The maximum atomic E-state index is 12.2. The SMILES string of the molecule is N#Cc1cnc(CF)cc1C(F)F. The summed E-state index contributed by atoms with van der Waals surface area (Å²) in [6.07, 6.45) is -1.82. The van der Waals surface area contributed by atoms with E-state index in [2.05, 4.69) is 4.98 Å². The summed E-state index contributed by atoms with van der Waals surface area (Å²) in [4.78, 5) is 3.48. The van der Waals surface area contributed by atoms with Gasteiger partial charge in [-0.05, 0) is 6.07 Å². The fourth-order valence-electron chi connectivity index (χ4n) is 0.864. The Balaban J connectivity index is 3.20. The van der Waals surface area contributed by atoms with E-state index < -0.39 is 18.7 Å². The fraction of sp³-hybridized carbons (Fsp3) is 0.250. The molecule has 1 aromatic heterocycles. The summed E-state index contributed by atoms with van der Waals surface area (Å²) in [6.45, 7) is -0.911. The quantitative estimate of drug-likeness (QED) is 0.710. The molecule has 68 valence electrons. The molecule has 5 heteroatoms. The molecule has 0 aliphatic rings. The third-order valence-corrected chi connectivity index (χ3v) is 1.49. The van der Waals surface area contributed by atoms with E-state index in [1.165, 1.54) is 0 Å². The van der Waals surface area contributed by atoms with Crippen molar-refractivity contribution in [2.45, 2.75) is 13.1 Å². The van der Waals surface area contributed by atoms with Crippen LogP contribution in [0.25, 0.3) is 0 Å². The number of hydrogen-bond acceptors (Lipinski definition) is 2. The van der Waals surface area contributed by atoms with Gasteiger partial charge in [0, 0.05) is 11.8 Å². The molecule has 0 aliphatic heterocycles. The number of aromatic nitrogens is 1. The van der Waals surface area contributed by atoms with Crippen LogP contribution < -0.4 is 0 Å². The first-order chi connectivity index (χ1) is 6.19. The van der Waals surface area contributed by atoms with Gasteiger partial charge < -0.3 is 0 Å². The first kappa shape index (κ1) is 9.52. The molecule has 0 saturated carbocycles. The first-order valence-electron chi connectivity index (χ1n) is 3.42. The third kappa shape index (κ3) is 1.96. The number of rotatable bonds is 2. The molecule has 13 heavy (non-hydrogen) atoms. The molecule has 0 N–H and O–H groups in total. The molecule has 0 amide bonds. The Hall–Kier alpha value is -1.57. The van der Waals surface area contributed by atoms with Gasteiger partial charge in [-0.2, -0.15) is 5.26 Å². The van der Waals surface area contributed by atoms with Crippen LogP contribution in [0.1, 0.15) is 23.2 Å². The highest BCUT2D eigenvalue weighted by Crippen LogP contribution is 2.22. The van der Waals surface area contributed by atoms with E-state index in [0.29, 0.717) is 0 Å². The predicted octanol–water partition coefficient (Wildman–Crippen LogP) is 2.36. The summed E-state index contributed by atoms with van der Waals surface area (Å²) in [5.74, 6) is 0. The Labute approximate surface area is 72.6 Å². The second-order valence-corrected chi connectivity index (χ2v) is 2.31. The minimum Gasteiger partial charge on any atom is -0.257 e. The van der Waals surface area contributed by atoms with Gasteiger partial charge in [-0.15, -0.1) is 0 Å². The van der Waals surface area contributed by atoms with Gasteiger partial charge >= 0.3 is 0 Å². The minimum absolute atomic E-state index is 0.0886. The average Bonchev–Trinajstić information content (AvgIpc) is 2.16. The first-order valence-corrected chi connectivity index (χ1v) is 3.42. The zero-order valence-electron chi connectivity index (χ0n) is 6.47. The molecular weight excluding hydrogens is 181 g/mol. The van der Waals surface area contributed by atoms with Crippen molar-refractivity contribution >= 4 is 0 Å². The second kappa shape index (κ2) is 3.90. The molecule has 0 fully saturated rings. The summed E-state index contributed by atoms with van der Waals surface area (Å²) in [5, 5.41) is 8.41. The van der Waals surface area contributed by atoms with Gasteiger partial charge in [-0.25, -0.2) is 13.2 Å². The van der Waals surface area contributed by atoms with E-state index >= 15 is 0 Å². The normalized spacial score (nSPS) is 10.1. The van der Waals surface area contributed by atoms with Crippen LogP contribution in [0.5, 0.6) is 0 Å². The Kier molecular flexibility index (Phi) is 2.85. The molecule has 1 aromatic rings. The molecule has 0 atom stereocenters. The van der Waals surface area contributed by atoms with Gasteiger partial charge in [0.1, 0.15) is 12.7 Å². The maximum Gasteiger partial charge on any atom is 0.265 e. The Bertz CT molecular complexity index is 344. The third-order valence-electron chi connectivity index (χ3n) is 1.49. The van der Waals surface area contributed by atoms with Gasteiger partial charge in [-0.1, -0.05) is 0 Å². The Morgan fingerprint density at radius 1 is 1.54 bits per heavy atom. The van der Waals surface area contributed by atoms with Crippen LogP contribution in [0, 0.1) is 11.3 Å². The molecule has 0 aliphatic carbocycles. The van der Waals surface area contributed by atoms with Crippen LogP contribution in [-0.2, 0) is 6.67 Å². The number of nitrogens with zero attached hydrogens (tertiary/aromatic N) is 2. The van der Waals surface area contributed by atoms with Crippen molar-refractivity contribution in [3.8, 4) is 6.07 Å². The molecule has 0 radical (unpaired) electrons. The van der Waals surface area contributed by atoms with Crippen LogP contribution in [-0.4, -0.2) is 4.98 Å². The minimum atomic E-state index is -2.78. The molecule has 1 heterocycles. The molecule has 0 spiro atoms. The molecule has 0 unspecified atom stereocenters. The van der Waals surface area contributed by atoms with Crippen molar-refractivity contribution in [1.82, 2.24) is 4.98 Å². The van der Waals surface area contributed by atoms with Gasteiger partial charge in [0.2, 0.25) is 0 Å². The molecule has 0 bridgehead atoms. The van der Waals surface area contributed by atoms with Crippen molar-refractivity contribution in [1.29, 1.82) is 5.26 Å². The number of halogens is 3. The van der Waals surface area contributed by atoms with Crippen molar-refractivity contribution in [2.24, 2.45) is 0 Å².